The maximum absolute atomic E-state index is 13.5. The Morgan fingerprint density at radius 3 is 2.54 bits per heavy atom. The van der Waals surface area contributed by atoms with Crippen molar-refractivity contribution < 1.29 is 23.5 Å². The zero-order chi connectivity index (χ0) is 19.3. The molecular formula is C18H16Cl2FNO4. The van der Waals surface area contributed by atoms with E-state index in [1.165, 1.54) is 12.0 Å². The fourth-order valence-electron chi connectivity index (χ4n) is 2.17. The van der Waals surface area contributed by atoms with Crippen molar-refractivity contribution in [1.29, 1.82) is 0 Å². The molecule has 0 spiro atoms. The molecule has 0 aliphatic rings. The predicted molar refractivity (Wildman–Crippen MR) is 96.2 cm³/mol. The third kappa shape index (κ3) is 4.86. The van der Waals surface area contributed by atoms with E-state index in [-0.39, 0.29) is 22.2 Å². The van der Waals surface area contributed by atoms with Gasteiger partial charge in [0.05, 0.1) is 22.7 Å². The van der Waals surface area contributed by atoms with E-state index in [9.17, 15) is 14.0 Å². The van der Waals surface area contributed by atoms with Crippen LogP contribution in [-0.2, 0) is 16.1 Å². The zero-order valence-corrected chi connectivity index (χ0v) is 15.6. The number of esters is 1. The molecule has 138 valence electrons. The highest BCUT2D eigenvalue weighted by Gasteiger charge is 2.18. The van der Waals surface area contributed by atoms with E-state index in [0.29, 0.717) is 5.75 Å². The van der Waals surface area contributed by atoms with Crippen molar-refractivity contribution in [2.75, 3.05) is 20.8 Å². The number of para-hydroxylation sites is 1. The first-order valence-electron chi connectivity index (χ1n) is 7.51. The average molecular weight is 400 g/mol. The SMILES string of the molecule is COc1ccccc1CN(C)C(=O)COC(=O)c1cc(F)c(Cl)cc1Cl. The van der Waals surface area contributed by atoms with Crippen LogP contribution in [0, 0.1) is 5.82 Å². The number of methoxy groups -OCH3 is 1. The van der Waals surface area contributed by atoms with Gasteiger partial charge in [-0.3, -0.25) is 4.79 Å². The zero-order valence-electron chi connectivity index (χ0n) is 14.1. The molecule has 1 amide bonds. The molecule has 0 aliphatic heterocycles. The van der Waals surface area contributed by atoms with E-state index in [0.717, 1.165) is 17.7 Å². The van der Waals surface area contributed by atoms with Gasteiger partial charge in [-0.05, 0) is 18.2 Å². The first-order valence-corrected chi connectivity index (χ1v) is 8.26. The van der Waals surface area contributed by atoms with Crippen LogP contribution in [0.1, 0.15) is 15.9 Å². The maximum atomic E-state index is 13.5. The van der Waals surface area contributed by atoms with Gasteiger partial charge in [-0.25, -0.2) is 9.18 Å². The van der Waals surface area contributed by atoms with Gasteiger partial charge in [-0.1, -0.05) is 41.4 Å². The Morgan fingerprint density at radius 1 is 1.15 bits per heavy atom. The number of carbonyl (C=O) groups excluding carboxylic acids is 2. The fourth-order valence-corrected chi connectivity index (χ4v) is 2.63. The second-order valence-corrected chi connectivity index (χ2v) is 6.20. The molecule has 0 N–H and O–H groups in total. The van der Waals surface area contributed by atoms with Gasteiger partial charge < -0.3 is 14.4 Å². The van der Waals surface area contributed by atoms with E-state index in [2.05, 4.69) is 0 Å². The molecule has 0 radical (unpaired) electrons. The van der Waals surface area contributed by atoms with Gasteiger partial charge >= 0.3 is 5.97 Å². The second-order valence-electron chi connectivity index (χ2n) is 5.38. The number of ether oxygens (including phenoxy) is 2. The van der Waals surface area contributed by atoms with Gasteiger partial charge in [0.2, 0.25) is 0 Å². The fraction of sp³-hybridized carbons (Fsp3) is 0.222. The lowest BCUT2D eigenvalue weighted by molar-refractivity contribution is -0.133. The van der Waals surface area contributed by atoms with E-state index < -0.39 is 24.3 Å². The molecular weight excluding hydrogens is 384 g/mol. The summed E-state index contributed by atoms with van der Waals surface area (Å²) >= 11 is 11.4. The van der Waals surface area contributed by atoms with Crippen molar-refractivity contribution in [3.05, 3.63) is 63.4 Å². The normalized spacial score (nSPS) is 10.3. The van der Waals surface area contributed by atoms with E-state index in [1.54, 1.807) is 13.1 Å². The van der Waals surface area contributed by atoms with Crippen LogP contribution in [0.4, 0.5) is 4.39 Å². The third-order valence-electron chi connectivity index (χ3n) is 3.58. The van der Waals surface area contributed by atoms with Crippen molar-refractivity contribution >= 4 is 35.1 Å². The molecule has 0 saturated heterocycles. The number of benzene rings is 2. The minimum Gasteiger partial charge on any atom is -0.496 e. The lowest BCUT2D eigenvalue weighted by Crippen LogP contribution is -2.31. The molecule has 26 heavy (non-hydrogen) atoms. The molecule has 2 aromatic carbocycles. The Bertz CT molecular complexity index is 829. The highest BCUT2D eigenvalue weighted by molar-refractivity contribution is 6.36. The van der Waals surface area contributed by atoms with Crippen molar-refractivity contribution in [3.8, 4) is 5.75 Å². The molecule has 0 atom stereocenters. The van der Waals surface area contributed by atoms with Crippen LogP contribution >= 0.6 is 23.2 Å². The van der Waals surface area contributed by atoms with Gasteiger partial charge in [0.15, 0.2) is 6.61 Å². The van der Waals surface area contributed by atoms with Crippen molar-refractivity contribution in [2.24, 2.45) is 0 Å². The number of carbonyl (C=O) groups is 2. The monoisotopic (exact) mass is 399 g/mol. The van der Waals surface area contributed by atoms with Crippen LogP contribution < -0.4 is 4.74 Å². The molecule has 0 unspecified atom stereocenters. The Morgan fingerprint density at radius 2 is 1.85 bits per heavy atom. The predicted octanol–water partition coefficient (Wildman–Crippen LogP) is 3.96. The molecule has 0 heterocycles. The number of rotatable bonds is 6. The summed E-state index contributed by atoms with van der Waals surface area (Å²) in [6, 6.07) is 9.23. The summed E-state index contributed by atoms with van der Waals surface area (Å²) in [6.45, 7) is -0.234. The molecule has 8 heteroatoms. The summed E-state index contributed by atoms with van der Waals surface area (Å²) in [6.07, 6.45) is 0. The van der Waals surface area contributed by atoms with Crippen molar-refractivity contribution in [3.63, 3.8) is 0 Å². The maximum Gasteiger partial charge on any atom is 0.340 e. The smallest absolute Gasteiger partial charge is 0.340 e. The standard InChI is InChI=1S/C18H16Cl2FNO4/c1-22(9-11-5-3-4-6-16(11)25-2)17(23)10-26-18(24)12-7-15(21)14(20)8-13(12)19/h3-8H,9-10H2,1-2H3. The molecule has 2 rings (SSSR count). The highest BCUT2D eigenvalue weighted by Crippen LogP contribution is 2.25. The first-order chi connectivity index (χ1) is 12.3. The number of hydrogen-bond donors (Lipinski definition) is 0. The minimum absolute atomic E-state index is 0.0591. The van der Waals surface area contributed by atoms with Crippen LogP contribution in [0.15, 0.2) is 36.4 Å². The lowest BCUT2D eigenvalue weighted by Gasteiger charge is -2.18. The number of halogens is 3. The Kier molecular flexibility index (Phi) is 6.83. The summed E-state index contributed by atoms with van der Waals surface area (Å²) in [5, 5.41) is -0.268. The summed E-state index contributed by atoms with van der Waals surface area (Å²) in [5.74, 6) is -1.50. The van der Waals surface area contributed by atoms with E-state index >= 15 is 0 Å². The average Bonchev–Trinajstić information content (AvgIpc) is 2.62. The second kappa shape index (κ2) is 8.87. The summed E-state index contributed by atoms with van der Waals surface area (Å²) in [5.41, 5.74) is 0.605. The highest BCUT2D eigenvalue weighted by atomic mass is 35.5. The van der Waals surface area contributed by atoms with Crippen molar-refractivity contribution in [2.45, 2.75) is 6.54 Å². The van der Waals surface area contributed by atoms with Crippen LogP contribution in [0.3, 0.4) is 0 Å². The number of nitrogens with zero attached hydrogens (tertiary/aromatic N) is 1. The molecule has 0 bridgehead atoms. The van der Waals surface area contributed by atoms with Crippen LogP contribution in [-0.4, -0.2) is 37.5 Å². The quantitative estimate of drug-likeness (QED) is 0.544. The Labute approximate surface area is 160 Å². The largest absolute Gasteiger partial charge is 0.496 e. The lowest BCUT2D eigenvalue weighted by atomic mass is 10.2. The summed E-state index contributed by atoms with van der Waals surface area (Å²) < 4.78 is 23.6. The Hall–Kier alpha value is -2.31. The molecule has 0 aliphatic carbocycles. The van der Waals surface area contributed by atoms with Gasteiger partial charge in [0, 0.05) is 19.2 Å². The van der Waals surface area contributed by atoms with E-state index in [4.69, 9.17) is 32.7 Å². The van der Waals surface area contributed by atoms with Gasteiger partial charge in [0.1, 0.15) is 11.6 Å². The molecule has 5 nitrogen and oxygen atoms in total. The van der Waals surface area contributed by atoms with Crippen LogP contribution in [0.2, 0.25) is 10.0 Å². The van der Waals surface area contributed by atoms with Crippen LogP contribution in [0.25, 0.3) is 0 Å². The minimum atomic E-state index is -0.912. The van der Waals surface area contributed by atoms with Gasteiger partial charge in [-0.2, -0.15) is 0 Å². The summed E-state index contributed by atoms with van der Waals surface area (Å²) in [4.78, 5) is 25.6. The summed E-state index contributed by atoms with van der Waals surface area (Å²) in [7, 11) is 3.11. The van der Waals surface area contributed by atoms with E-state index in [1.807, 2.05) is 18.2 Å². The molecule has 0 saturated carbocycles. The molecule has 0 fully saturated rings. The van der Waals surface area contributed by atoms with Crippen LogP contribution in [0.5, 0.6) is 5.75 Å². The Balaban J connectivity index is 1.97. The number of hydrogen-bond acceptors (Lipinski definition) is 4. The molecule has 0 aromatic heterocycles. The first kappa shape index (κ1) is 20.0. The third-order valence-corrected chi connectivity index (χ3v) is 4.18. The molecule has 2 aromatic rings. The van der Waals surface area contributed by atoms with Gasteiger partial charge in [0.25, 0.3) is 5.91 Å². The van der Waals surface area contributed by atoms with Crippen molar-refractivity contribution in [1.82, 2.24) is 4.90 Å². The van der Waals surface area contributed by atoms with Gasteiger partial charge in [-0.15, -0.1) is 0 Å². The topological polar surface area (TPSA) is 55.8 Å². The number of amides is 1. The number of likely N-dealkylation sites (N-methyl/N-ethyl adjacent to an activating group) is 1.